The van der Waals surface area contributed by atoms with Crippen LogP contribution in [-0.2, 0) is 4.79 Å². The Morgan fingerprint density at radius 1 is 0.750 bits per heavy atom. The predicted octanol–water partition coefficient (Wildman–Crippen LogP) is 4.28. The van der Waals surface area contributed by atoms with Gasteiger partial charge in [-0.25, -0.2) is 0 Å². The normalized spacial score (nSPS) is 13.7. The van der Waals surface area contributed by atoms with E-state index in [0.717, 1.165) is 12.8 Å². The number of hydrogen-bond acceptors (Lipinski definition) is 3. The van der Waals surface area contributed by atoms with E-state index < -0.39 is 12.2 Å². The van der Waals surface area contributed by atoms with E-state index in [1.807, 2.05) is 0 Å². The fourth-order valence-corrected chi connectivity index (χ4v) is 3.01. The number of rotatable bonds is 16. The topological polar surface area (TPSA) is 60.8 Å². The summed E-state index contributed by atoms with van der Waals surface area (Å²) in [6.07, 6.45) is 13.4. The number of amides is 1. The second-order valence-corrected chi connectivity index (χ2v) is 7.28. The van der Waals surface area contributed by atoms with E-state index in [4.69, 9.17) is 0 Å². The Labute approximate surface area is 149 Å². The first-order valence-corrected chi connectivity index (χ1v) is 10.1. The van der Waals surface area contributed by atoms with Gasteiger partial charge in [-0.3, -0.25) is 4.79 Å². The second-order valence-electron chi connectivity index (χ2n) is 7.28. The molecule has 0 fully saturated rings. The molecule has 2 N–H and O–H groups in total. The summed E-state index contributed by atoms with van der Waals surface area (Å²) < 4.78 is 0. The molecule has 144 valence electrons. The van der Waals surface area contributed by atoms with Gasteiger partial charge in [0.1, 0.15) is 0 Å². The van der Waals surface area contributed by atoms with Crippen molar-refractivity contribution in [1.29, 1.82) is 0 Å². The van der Waals surface area contributed by atoms with E-state index in [-0.39, 0.29) is 5.91 Å². The van der Waals surface area contributed by atoms with Gasteiger partial charge in [0.05, 0.1) is 12.2 Å². The molecule has 24 heavy (non-hydrogen) atoms. The lowest BCUT2D eigenvalue weighted by Crippen LogP contribution is -2.40. The van der Waals surface area contributed by atoms with Crippen LogP contribution in [0, 0.1) is 0 Å². The molecular weight excluding hydrogens is 302 g/mol. The first kappa shape index (κ1) is 23.4. The third-order valence-corrected chi connectivity index (χ3v) is 4.32. The molecule has 0 aliphatic heterocycles. The van der Waals surface area contributed by atoms with Crippen LogP contribution in [0.2, 0.25) is 0 Å². The summed E-state index contributed by atoms with van der Waals surface area (Å²) in [5, 5.41) is 18.9. The molecule has 0 aliphatic rings. The number of unbranched alkanes of at least 4 members (excludes halogenated alkanes) is 10. The molecule has 0 radical (unpaired) electrons. The lowest BCUT2D eigenvalue weighted by molar-refractivity contribution is -0.134. The lowest BCUT2D eigenvalue weighted by Gasteiger charge is -2.25. The summed E-state index contributed by atoms with van der Waals surface area (Å²) in [7, 11) is 0. The minimum Gasteiger partial charge on any atom is -0.392 e. The molecule has 0 aliphatic carbocycles. The maximum absolute atomic E-state index is 12.2. The van der Waals surface area contributed by atoms with Crippen molar-refractivity contribution in [1.82, 2.24) is 4.90 Å². The van der Waals surface area contributed by atoms with E-state index in [0.29, 0.717) is 19.5 Å². The zero-order valence-corrected chi connectivity index (χ0v) is 16.3. The van der Waals surface area contributed by atoms with Crippen LogP contribution in [0.3, 0.4) is 0 Å². The van der Waals surface area contributed by atoms with Crippen molar-refractivity contribution < 1.29 is 15.0 Å². The third kappa shape index (κ3) is 14.9. The lowest BCUT2D eigenvalue weighted by atomic mass is 10.1. The van der Waals surface area contributed by atoms with E-state index in [1.165, 1.54) is 57.8 Å². The van der Waals surface area contributed by atoms with Crippen molar-refractivity contribution in [2.45, 2.75) is 110 Å². The number of aliphatic hydroxyl groups excluding tert-OH is 2. The number of aliphatic hydroxyl groups is 2. The maximum Gasteiger partial charge on any atom is 0.222 e. The molecule has 4 heteroatoms. The highest BCUT2D eigenvalue weighted by atomic mass is 16.3. The Balaban J connectivity index is 3.61. The van der Waals surface area contributed by atoms with E-state index >= 15 is 0 Å². The third-order valence-electron chi connectivity index (χ3n) is 4.32. The highest BCUT2D eigenvalue weighted by molar-refractivity contribution is 5.76. The maximum atomic E-state index is 12.2. The Morgan fingerprint density at radius 2 is 1.12 bits per heavy atom. The fourth-order valence-electron chi connectivity index (χ4n) is 3.01. The molecule has 4 nitrogen and oxygen atoms in total. The summed E-state index contributed by atoms with van der Waals surface area (Å²) in [5.74, 6) is 0.0488. The van der Waals surface area contributed by atoms with Crippen LogP contribution in [0.25, 0.3) is 0 Å². The van der Waals surface area contributed by atoms with Gasteiger partial charge in [0.2, 0.25) is 5.91 Å². The Bertz CT molecular complexity index is 283. The monoisotopic (exact) mass is 343 g/mol. The summed E-state index contributed by atoms with van der Waals surface area (Å²) in [6, 6.07) is 0. The Hall–Kier alpha value is -0.610. The zero-order chi connectivity index (χ0) is 18.2. The van der Waals surface area contributed by atoms with Crippen LogP contribution < -0.4 is 0 Å². The number of nitrogens with zero attached hydrogens (tertiary/aromatic N) is 1. The smallest absolute Gasteiger partial charge is 0.222 e. The zero-order valence-electron chi connectivity index (χ0n) is 16.3. The molecule has 1 amide bonds. The SMILES string of the molecule is CCCCCCCCCCCCCC(=O)N(CC(C)O)CC(C)O. The van der Waals surface area contributed by atoms with Crippen LogP contribution in [0.4, 0.5) is 0 Å². The van der Waals surface area contributed by atoms with Gasteiger partial charge in [-0.15, -0.1) is 0 Å². The molecule has 2 unspecified atom stereocenters. The summed E-state index contributed by atoms with van der Waals surface area (Å²) in [5.41, 5.74) is 0. The molecule has 0 aromatic rings. The number of carbonyl (C=O) groups excluding carboxylic acids is 1. The quantitative estimate of drug-likeness (QED) is 0.411. The summed E-state index contributed by atoms with van der Waals surface area (Å²) in [6.45, 7) is 6.21. The van der Waals surface area contributed by atoms with Crippen LogP contribution in [0.1, 0.15) is 97.8 Å². The van der Waals surface area contributed by atoms with Crippen LogP contribution in [-0.4, -0.2) is 46.3 Å². The van der Waals surface area contributed by atoms with Gasteiger partial charge < -0.3 is 15.1 Å². The minimum atomic E-state index is -0.551. The molecule has 0 heterocycles. The molecule has 0 rings (SSSR count). The van der Waals surface area contributed by atoms with Crippen LogP contribution in [0.5, 0.6) is 0 Å². The Kier molecular flexibility index (Phi) is 15.5. The van der Waals surface area contributed by atoms with E-state index in [2.05, 4.69) is 6.92 Å². The van der Waals surface area contributed by atoms with Gasteiger partial charge in [0, 0.05) is 19.5 Å². The average molecular weight is 344 g/mol. The van der Waals surface area contributed by atoms with Gasteiger partial charge in [-0.05, 0) is 20.3 Å². The molecule has 2 atom stereocenters. The fraction of sp³-hybridized carbons (Fsp3) is 0.950. The minimum absolute atomic E-state index is 0.0488. The van der Waals surface area contributed by atoms with Crippen molar-refractivity contribution in [3.8, 4) is 0 Å². The molecule has 0 aromatic carbocycles. The number of carbonyl (C=O) groups is 1. The van der Waals surface area contributed by atoms with Gasteiger partial charge in [-0.2, -0.15) is 0 Å². The van der Waals surface area contributed by atoms with Crippen molar-refractivity contribution >= 4 is 5.91 Å². The Morgan fingerprint density at radius 3 is 1.50 bits per heavy atom. The first-order valence-electron chi connectivity index (χ1n) is 10.1. The largest absolute Gasteiger partial charge is 0.392 e. The average Bonchev–Trinajstić information content (AvgIpc) is 2.50. The van der Waals surface area contributed by atoms with Crippen molar-refractivity contribution in [2.75, 3.05) is 13.1 Å². The highest BCUT2D eigenvalue weighted by Crippen LogP contribution is 2.12. The molecule has 0 saturated heterocycles. The van der Waals surface area contributed by atoms with Gasteiger partial charge in [0.15, 0.2) is 0 Å². The van der Waals surface area contributed by atoms with Crippen molar-refractivity contribution in [3.63, 3.8) is 0 Å². The first-order chi connectivity index (χ1) is 11.5. The molecular formula is C20H41NO3. The molecule has 0 aromatic heterocycles. The van der Waals surface area contributed by atoms with E-state index in [9.17, 15) is 15.0 Å². The summed E-state index contributed by atoms with van der Waals surface area (Å²) in [4.78, 5) is 13.8. The number of hydrogen-bond donors (Lipinski definition) is 2. The molecule has 0 spiro atoms. The van der Waals surface area contributed by atoms with Crippen LogP contribution in [0.15, 0.2) is 0 Å². The van der Waals surface area contributed by atoms with Crippen molar-refractivity contribution in [2.24, 2.45) is 0 Å². The molecule has 0 bridgehead atoms. The summed E-state index contributed by atoms with van der Waals surface area (Å²) >= 11 is 0. The standard InChI is InChI=1S/C20H41NO3/c1-4-5-6-7-8-9-10-11-12-13-14-15-20(24)21(16-18(2)22)17-19(3)23/h18-19,22-23H,4-17H2,1-3H3. The van der Waals surface area contributed by atoms with Crippen molar-refractivity contribution in [3.05, 3.63) is 0 Å². The second kappa shape index (κ2) is 15.9. The van der Waals surface area contributed by atoms with Gasteiger partial charge in [-0.1, -0.05) is 71.1 Å². The van der Waals surface area contributed by atoms with E-state index in [1.54, 1.807) is 18.7 Å². The molecule has 0 saturated carbocycles. The van der Waals surface area contributed by atoms with Gasteiger partial charge >= 0.3 is 0 Å². The highest BCUT2D eigenvalue weighted by Gasteiger charge is 2.16. The predicted molar refractivity (Wildman–Crippen MR) is 101 cm³/mol. The van der Waals surface area contributed by atoms with Crippen LogP contribution >= 0.6 is 0 Å². The van der Waals surface area contributed by atoms with Gasteiger partial charge in [0.25, 0.3) is 0 Å².